The van der Waals surface area contributed by atoms with Crippen molar-refractivity contribution >= 4 is 17.2 Å². The summed E-state index contributed by atoms with van der Waals surface area (Å²) in [6.07, 6.45) is 6.58. The van der Waals surface area contributed by atoms with Gasteiger partial charge in [0.25, 0.3) is 5.91 Å². The molecule has 126 valence electrons. The second-order valence-electron chi connectivity index (χ2n) is 6.71. The summed E-state index contributed by atoms with van der Waals surface area (Å²) in [6, 6.07) is 8.34. The molecule has 0 aromatic carbocycles. The molecule has 5 heteroatoms. The van der Waals surface area contributed by atoms with Crippen molar-refractivity contribution in [1.29, 1.82) is 0 Å². The molecule has 24 heavy (non-hydrogen) atoms. The molecule has 0 aliphatic carbocycles. The highest BCUT2D eigenvalue weighted by Gasteiger charge is 2.31. The van der Waals surface area contributed by atoms with Gasteiger partial charge >= 0.3 is 0 Å². The molecule has 2 fully saturated rings. The summed E-state index contributed by atoms with van der Waals surface area (Å²) < 4.78 is 0. The van der Waals surface area contributed by atoms with Crippen LogP contribution in [0.1, 0.15) is 36.0 Å². The molecule has 1 atom stereocenters. The summed E-state index contributed by atoms with van der Waals surface area (Å²) >= 11 is 1.67. The van der Waals surface area contributed by atoms with E-state index in [4.69, 9.17) is 0 Å². The monoisotopic (exact) mass is 341 g/mol. The molecule has 0 saturated carbocycles. The Balaban J connectivity index is 1.45. The van der Waals surface area contributed by atoms with Crippen molar-refractivity contribution in [2.24, 2.45) is 0 Å². The Hall–Kier alpha value is -1.72. The first kappa shape index (κ1) is 15.8. The Morgan fingerprint density at radius 2 is 2.04 bits per heavy atom. The number of likely N-dealkylation sites (tertiary alicyclic amines) is 2. The molecule has 0 bridgehead atoms. The maximum atomic E-state index is 12.9. The number of nitrogens with zero attached hydrogens (tertiary/aromatic N) is 3. The van der Waals surface area contributed by atoms with Gasteiger partial charge in [-0.15, -0.1) is 11.3 Å². The van der Waals surface area contributed by atoms with Crippen LogP contribution in [0.5, 0.6) is 0 Å². The van der Waals surface area contributed by atoms with Gasteiger partial charge in [-0.05, 0) is 62.4 Å². The number of aromatic nitrogens is 1. The molecule has 1 unspecified atom stereocenters. The number of hydrogen-bond acceptors (Lipinski definition) is 4. The first-order valence-electron chi connectivity index (χ1n) is 8.84. The van der Waals surface area contributed by atoms with Crippen molar-refractivity contribution in [2.45, 2.75) is 31.7 Å². The van der Waals surface area contributed by atoms with Crippen molar-refractivity contribution in [3.63, 3.8) is 0 Å². The third kappa shape index (κ3) is 3.23. The molecule has 2 aliphatic rings. The molecule has 4 nitrogen and oxygen atoms in total. The Kier molecular flexibility index (Phi) is 4.63. The molecular weight excluding hydrogens is 318 g/mol. The van der Waals surface area contributed by atoms with E-state index in [1.165, 1.54) is 25.9 Å². The summed E-state index contributed by atoms with van der Waals surface area (Å²) in [4.78, 5) is 23.1. The second kappa shape index (κ2) is 7.03. The van der Waals surface area contributed by atoms with E-state index < -0.39 is 0 Å². The highest BCUT2D eigenvalue weighted by atomic mass is 32.1. The SMILES string of the molecule is O=C(c1ccc(-c2cccs2)nc1)N1CCCC1CN1CCCC1. The maximum absolute atomic E-state index is 12.9. The maximum Gasteiger partial charge on any atom is 0.255 e. The smallest absolute Gasteiger partial charge is 0.255 e. The van der Waals surface area contributed by atoms with Gasteiger partial charge in [0.1, 0.15) is 0 Å². The van der Waals surface area contributed by atoms with Crippen LogP contribution in [0.4, 0.5) is 0 Å². The van der Waals surface area contributed by atoms with Crippen molar-refractivity contribution < 1.29 is 4.79 Å². The van der Waals surface area contributed by atoms with Gasteiger partial charge in [-0.25, -0.2) is 0 Å². The lowest BCUT2D eigenvalue weighted by Crippen LogP contribution is -2.42. The highest BCUT2D eigenvalue weighted by Crippen LogP contribution is 2.25. The van der Waals surface area contributed by atoms with Crippen molar-refractivity contribution in [3.05, 3.63) is 41.4 Å². The average molecular weight is 341 g/mol. The predicted molar refractivity (Wildman–Crippen MR) is 97.3 cm³/mol. The van der Waals surface area contributed by atoms with Gasteiger partial charge in [-0.3, -0.25) is 9.78 Å². The van der Waals surface area contributed by atoms with Gasteiger partial charge in [0.05, 0.1) is 16.1 Å². The van der Waals surface area contributed by atoms with Gasteiger partial charge in [-0.2, -0.15) is 0 Å². The third-order valence-electron chi connectivity index (χ3n) is 5.09. The number of pyridine rings is 1. The normalized spacial score (nSPS) is 21.5. The summed E-state index contributed by atoms with van der Waals surface area (Å²) in [7, 11) is 0. The predicted octanol–water partition coefficient (Wildman–Crippen LogP) is 3.51. The van der Waals surface area contributed by atoms with E-state index in [0.29, 0.717) is 11.6 Å². The molecule has 0 radical (unpaired) electrons. The molecular formula is C19H23N3OS. The number of thiophene rings is 1. The van der Waals surface area contributed by atoms with Crippen molar-refractivity contribution in [1.82, 2.24) is 14.8 Å². The highest BCUT2D eigenvalue weighted by molar-refractivity contribution is 7.13. The zero-order valence-electron chi connectivity index (χ0n) is 13.9. The molecule has 2 aromatic rings. The molecule has 0 spiro atoms. The third-order valence-corrected chi connectivity index (χ3v) is 5.98. The van der Waals surface area contributed by atoms with E-state index in [1.807, 2.05) is 23.6 Å². The van der Waals surface area contributed by atoms with Crippen molar-refractivity contribution in [3.8, 4) is 10.6 Å². The van der Waals surface area contributed by atoms with Gasteiger partial charge in [-0.1, -0.05) is 6.07 Å². The fraction of sp³-hybridized carbons (Fsp3) is 0.474. The standard InChI is InChI=1S/C19H23N3OS/c23-19(15-7-8-17(20-13-15)18-6-4-12-24-18)22-11-3-5-16(22)14-21-9-1-2-10-21/h4,6-8,12-13,16H,1-3,5,9-11,14H2. The molecule has 2 aliphatic heterocycles. The van der Waals surface area contributed by atoms with E-state index in [9.17, 15) is 4.79 Å². The summed E-state index contributed by atoms with van der Waals surface area (Å²) in [6.45, 7) is 4.29. The van der Waals surface area contributed by atoms with Crippen LogP contribution in [0.15, 0.2) is 35.8 Å². The van der Waals surface area contributed by atoms with Crippen LogP contribution >= 0.6 is 11.3 Å². The first-order chi connectivity index (χ1) is 11.8. The number of carbonyl (C=O) groups excluding carboxylic acids is 1. The van der Waals surface area contributed by atoms with Crippen LogP contribution in [0, 0.1) is 0 Å². The minimum absolute atomic E-state index is 0.141. The van der Waals surface area contributed by atoms with Gasteiger partial charge < -0.3 is 9.80 Å². The van der Waals surface area contributed by atoms with Crippen LogP contribution in [-0.2, 0) is 0 Å². The van der Waals surface area contributed by atoms with Crippen LogP contribution in [-0.4, -0.2) is 52.9 Å². The zero-order valence-corrected chi connectivity index (χ0v) is 14.7. The van der Waals surface area contributed by atoms with Crippen molar-refractivity contribution in [2.75, 3.05) is 26.2 Å². The fourth-order valence-electron chi connectivity index (χ4n) is 3.81. The zero-order chi connectivity index (χ0) is 16.4. The quantitative estimate of drug-likeness (QED) is 0.854. The number of carbonyl (C=O) groups is 1. The average Bonchev–Trinajstić information content (AvgIpc) is 3.37. The van der Waals surface area contributed by atoms with E-state index in [2.05, 4.69) is 20.9 Å². The topological polar surface area (TPSA) is 36.4 Å². The molecule has 4 rings (SSSR count). The summed E-state index contributed by atoms with van der Waals surface area (Å²) in [5.41, 5.74) is 1.65. The lowest BCUT2D eigenvalue weighted by molar-refractivity contribution is 0.0708. The van der Waals surface area contributed by atoms with Crippen LogP contribution < -0.4 is 0 Å². The number of rotatable bonds is 4. The van der Waals surface area contributed by atoms with E-state index in [0.717, 1.165) is 36.5 Å². The fourth-order valence-corrected chi connectivity index (χ4v) is 4.51. The van der Waals surface area contributed by atoms with E-state index in [1.54, 1.807) is 17.5 Å². The summed E-state index contributed by atoms with van der Waals surface area (Å²) in [5, 5.41) is 2.04. The molecule has 2 saturated heterocycles. The molecule has 4 heterocycles. The Bertz CT molecular complexity index is 677. The van der Waals surface area contributed by atoms with Crippen LogP contribution in [0.25, 0.3) is 10.6 Å². The van der Waals surface area contributed by atoms with Gasteiger partial charge in [0, 0.05) is 25.3 Å². The first-order valence-corrected chi connectivity index (χ1v) is 9.72. The Morgan fingerprint density at radius 3 is 2.75 bits per heavy atom. The Labute approximate surface area is 147 Å². The van der Waals surface area contributed by atoms with Gasteiger partial charge in [0.15, 0.2) is 0 Å². The van der Waals surface area contributed by atoms with Crippen LogP contribution in [0.3, 0.4) is 0 Å². The lowest BCUT2D eigenvalue weighted by Gasteiger charge is -2.28. The molecule has 2 aromatic heterocycles. The largest absolute Gasteiger partial charge is 0.334 e. The van der Waals surface area contributed by atoms with Gasteiger partial charge in [0.2, 0.25) is 0 Å². The van der Waals surface area contributed by atoms with E-state index in [-0.39, 0.29) is 5.91 Å². The summed E-state index contributed by atoms with van der Waals surface area (Å²) in [5.74, 6) is 0.141. The molecule has 0 N–H and O–H groups in total. The Morgan fingerprint density at radius 1 is 1.17 bits per heavy atom. The number of amides is 1. The minimum Gasteiger partial charge on any atom is -0.334 e. The van der Waals surface area contributed by atoms with E-state index >= 15 is 0 Å². The number of hydrogen-bond donors (Lipinski definition) is 0. The lowest BCUT2D eigenvalue weighted by atomic mass is 10.1. The second-order valence-corrected chi connectivity index (χ2v) is 7.66. The molecule has 1 amide bonds. The minimum atomic E-state index is 0.141. The van der Waals surface area contributed by atoms with Crippen LogP contribution in [0.2, 0.25) is 0 Å².